The van der Waals surface area contributed by atoms with Crippen LogP contribution in [0, 0.1) is 0 Å². The molecule has 1 fully saturated rings. The van der Waals surface area contributed by atoms with Crippen molar-refractivity contribution in [1.82, 2.24) is 10.2 Å². The second kappa shape index (κ2) is 8.86. The molecule has 1 aliphatic heterocycles. The SMILES string of the molecule is C[C@@H](NC(=O)[C@H](O)[C@@H](O)C(=O)N1CCC[C@@H]1C)c1ccc(-c2ccsc2)cc1. The lowest BCUT2D eigenvalue weighted by Crippen LogP contribution is -2.51. The number of aliphatic hydroxyl groups excluding tert-OH is 2. The Morgan fingerprint density at radius 2 is 1.86 bits per heavy atom. The molecule has 1 aromatic heterocycles. The van der Waals surface area contributed by atoms with Gasteiger partial charge in [0.25, 0.3) is 11.8 Å². The average molecular weight is 403 g/mol. The number of carbonyl (C=O) groups is 2. The molecule has 7 heteroatoms. The van der Waals surface area contributed by atoms with Gasteiger partial charge >= 0.3 is 0 Å². The van der Waals surface area contributed by atoms with E-state index in [1.807, 2.05) is 42.6 Å². The molecule has 2 heterocycles. The number of carbonyl (C=O) groups excluding carboxylic acids is 2. The van der Waals surface area contributed by atoms with Crippen LogP contribution in [0.15, 0.2) is 41.1 Å². The van der Waals surface area contributed by atoms with Gasteiger partial charge in [-0.15, -0.1) is 0 Å². The molecule has 1 aromatic carbocycles. The molecule has 28 heavy (non-hydrogen) atoms. The second-order valence-corrected chi connectivity index (χ2v) is 8.06. The first kappa shape index (κ1) is 20.5. The molecule has 0 radical (unpaired) electrons. The Balaban J connectivity index is 1.59. The Morgan fingerprint density at radius 1 is 1.14 bits per heavy atom. The summed E-state index contributed by atoms with van der Waals surface area (Å²) in [5.74, 6) is -1.36. The molecule has 4 atom stereocenters. The van der Waals surface area contributed by atoms with Gasteiger partial charge in [-0.05, 0) is 60.2 Å². The highest BCUT2D eigenvalue weighted by Crippen LogP contribution is 2.24. The van der Waals surface area contributed by atoms with E-state index in [0.717, 1.165) is 29.5 Å². The lowest BCUT2D eigenvalue weighted by molar-refractivity contribution is -0.153. The molecule has 0 spiro atoms. The maximum atomic E-state index is 12.3. The lowest BCUT2D eigenvalue weighted by atomic mass is 10.0. The zero-order valence-corrected chi connectivity index (χ0v) is 16.9. The summed E-state index contributed by atoms with van der Waals surface area (Å²) in [5.41, 5.74) is 3.10. The van der Waals surface area contributed by atoms with E-state index in [0.29, 0.717) is 6.54 Å². The molecule has 0 unspecified atom stereocenters. The number of aliphatic hydroxyl groups is 2. The van der Waals surface area contributed by atoms with Crippen LogP contribution in [0.5, 0.6) is 0 Å². The first-order valence-corrected chi connectivity index (χ1v) is 10.4. The maximum absolute atomic E-state index is 12.3. The molecular weight excluding hydrogens is 376 g/mol. The molecule has 3 rings (SSSR count). The molecule has 0 bridgehead atoms. The minimum atomic E-state index is -1.80. The third kappa shape index (κ3) is 4.43. The first-order valence-electron chi connectivity index (χ1n) is 9.48. The van der Waals surface area contributed by atoms with Gasteiger partial charge in [0.15, 0.2) is 12.2 Å². The highest BCUT2D eigenvalue weighted by Gasteiger charge is 2.36. The lowest BCUT2D eigenvalue weighted by Gasteiger charge is -2.27. The summed E-state index contributed by atoms with van der Waals surface area (Å²) in [5, 5.41) is 27.1. The first-order chi connectivity index (χ1) is 13.4. The number of hydrogen-bond donors (Lipinski definition) is 3. The smallest absolute Gasteiger partial charge is 0.254 e. The van der Waals surface area contributed by atoms with Gasteiger partial charge in [0.05, 0.1) is 6.04 Å². The predicted molar refractivity (Wildman–Crippen MR) is 109 cm³/mol. The van der Waals surface area contributed by atoms with Crippen molar-refractivity contribution in [2.45, 2.75) is 51.0 Å². The van der Waals surface area contributed by atoms with Crippen LogP contribution in [-0.2, 0) is 9.59 Å². The summed E-state index contributed by atoms with van der Waals surface area (Å²) in [4.78, 5) is 26.2. The summed E-state index contributed by atoms with van der Waals surface area (Å²) >= 11 is 1.63. The van der Waals surface area contributed by atoms with Crippen LogP contribution in [0.2, 0.25) is 0 Å². The van der Waals surface area contributed by atoms with Crippen LogP contribution in [0.1, 0.15) is 38.3 Å². The van der Waals surface area contributed by atoms with Crippen molar-refractivity contribution in [1.29, 1.82) is 0 Å². The molecule has 2 aromatic rings. The fourth-order valence-corrected chi connectivity index (χ4v) is 4.15. The van der Waals surface area contributed by atoms with Crippen LogP contribution in [-0.4, -0.2) is 51.7 Å². The van der Waals surface area contributed by atoms with Gasteiger partial charge in [0, 0.05) is 12.6 Å². The van der Waals surface area contributed by atoms with Gasteiger partial charge in [-0.2, -0.15) is 11.3 Å². The number of nitrogens with one attached hydrogen (secondary N) is 1. The fraction of sp³-hybridized carbons (Fsp3) is 0.429. The van der Waals surface area contributed by atoms with E-state index in [1.54, 1.807) is 18.3 Å². The zero-order chi connectivity index (χ0) is 20.3. The Kier molecular flexibility index (Phi) is 6.49. The third-order valence-electron chi connectivity index (χ3n) is 5.28. The van der Waals surface area contributed by atoms with Crippen LogP contribution in [0.4, 0.5) is 0 Å². The second-order valence-electron chi connectivity index (χ2n) is 7.28. The monoisotopic (exact) mass is 402 g/mol. The Labute approximate surface area is 168 Å². The van der Waals surface area contributed by atoms with Crippen molar-refractivity contribution in [2.75, 3.05) is 6.54 Å². The maximum Gasteiger partial charge on any atom is 0.254 e. The third-order valence-corrected chi connectivity index (χ3v) is 5.96. The zero-order valence-electron chi connectivity index (χ0n) is 16.0. The predicted octanol–water partition coefficient (Wildman–Crippen LogP) is 2.32. The summed E-state index contributed by atoms with van der Waals surface area (Å²) in [6, 6.07) is 9.47. The Morgan fingerprint density at radius 3 is 2.43 bits per heavy atom. The molecule has 6 nitrogen and oxygen atoms in total. The highest BCUT2D eigenvalue weighted by molar-refractivity contribution is 7.08. The van der Waals surface area contributed by atoms with Crippen LogP contribution in [0.3, 0.4) is 0 Å². The molecular formula is C21H26N2O4S. The van der Waals surface area contributed by atoms with Gasteiger partial charge in [-0.3, -0.25) is 9.59 Å². The number of benzene rings is 1. The molecule has 1 saturated heterocycles. The molecule has 1 aliphatic rings. The van der Waals surface area contributed by atoms with Gasteiger partial charge < -0.3 is 20.4 Å². The van der Waals surface area contributed by atoms with Crippen molar-refractivity contribution in [2.24, 2.45) is 0 Å². The van der Waals surface area contributed by atoms with E-state index in [9.17, 15) is 19.8 Å². The van der Waals surface area contributed by atoms with Gasteiger partial charge in [0.2, 0.25) is 0 Å². The number of rotatable bonds is 6. The summed E-state index contributed by atoms with van der Waals surface area (Å²) < 4.78 is 0. The normalized spacial score (nSPS) is 19.9. The molecule has 150 valence electrons. The van der Waals surface area contributed by atoms with Crippen LogP contribution >= 0.6 is 11.3 Å². The largest absolute Gasteiger partial charge is 0.380 e. The summed E-state index contributed by atoms with van der Waals surface area (Å²) in [6.07, 6.45) is -1.83. The molecule has 2 amide bonds. The van der Waals surface area contributed by atoms with Crippen LogP contribution in [0.25, 0.3) is 11.1 Å². The highest BCUT2D eigenvalue weighted by atomic mass is 32.1. The summed E-state index contributed by atoms with van der Waals surface area (Å²) in [7, 11) is 0. The van der Waals surface area contributed by atoms with Crippen molar-refractivity contribution in [3.8, 4) is 11.1 Å². The number of thiophene rings is 1. The topological polar surface area (TPSA) is 89.9 Å². The van der Waals surface area contributed by atoms with E-state index in [-0.39, 0.29) is 12.1 Å². The van der Waals surface area contributed by atoms with E-state index >= 15 is 0 Å². The average Bonchev–Trinajstić information content (AvgIpc) is 3.38. The minimum Gasteiger partial charge on any atom is -0.380 e. The molecule has 3 N–H and O–H groups in total. The number of hydrogen-bond acceptors (Lipinski definition) is 5. The van der Waals surface area contributed by atoms with Crippen LogP contribution < -0.4 is 5.32 Å². The Bertz CT molecular complexity index is 806. The minimum absolute atomic E-state index is 0.0121. The Hall–Kier alpha value is -2.22. The van der Waals surface area contributed by atoms with Gasteiger partial charge in [0.1, 0.15) is 0 Å². The number of likely N-dealkylation sites (tertiary alicyclic amines) is 1. The van der Waals surface area contributed by atoms with E-state index in [2.05, 4.69) is 10.7 Å². The molecule has 0 aliphatic carbocycles. The number of amides is 2. The van der Waals surface area contributed by atoms with Crippen molar-refractivity contribution < 1.29 is 19.8 Å². The van der Waals surface area contributed by atoms with Crippen molar-refractivity contribution >= 4 is 23.2 Å². The van der Waals surface area contributed by atoms with E-state index in [1.165, 1.54) is 4.90 Å². The number of nitrogens with zero attached hydrogens (tertiary/aromatic N) is 1. The van der Waals surface area contributed by atoms with Crippen molar-refractivity contribution in [3.63, 3.8) is 0 Å². The van der Waals surface area contributed by atoms with E-state index in [4.69, 9.17) is 0 Å². The summed E-state index contributed by atoms with van der Waals surface area (Å²) in [6.45, 7) is 4.23. The van der Waals surface area contributed by atoms with Crippen molar-refractivity contribution in [3.05, 3.63) is 46.7 Å². The standard InChI is InChI=1S/C21H26N2O4S/c1-13-4-3-10-23(13)21(27)19(25)18(24)20(26)22-14(2)15-5-7-16(8-6-15)17-9-11-28-12-17/h5-9,11-14,18-19,24-25H,3-4,10H2,1-2H3,(H,22,26)/t13-,14+,18+,19+/m0/s1. The fourth-order valence-electron chi connectivity index (χ4n) is 3.48. The van der Waals surface area contributed by atoms with E-state index < -0.39 is 24.0 Å². The molecule has 0 saturated carbocycles. The van der Waals surface area contributed by atoms with Gasteiger partial charge in [-0.25, -0.2) is 0 Å². The van der Waals surface area contributed by atoms with Gasteiger partial charge in [-0.1, -0.05) is 24.3 Å². The quantitative estimate of drug-likeness (QED) is 0.692.